The van der Waals surface area contributed by atoms with Crippen molar-refractivity contribution in [3.8, 4) is 16.9 Å². The predicted octanol–water partition coefficient (Wildman–Crippen LogP) is 4.37. The summed E-state index contributed by atoms with van der Waals surface area (Å²) in [5.41, 5.74) is 4.52. The van der Waals surface area contributed by atoms with Crippen molar-refractivity contribution in [1.82, 2.24) is 14.7 Å². The number of amides is 2. The lowest BCUT2D eigenvalue weighted by molar-refractivity contribution is -0.116. The van der Waals surface area contributed by atoms with Crippen LogP contribution in [0.15, 0.2) is 72.8 Å². The van der Waals surface area contributed by atoms with E-state index in [1.807, 2.05) is 25.1 Å². The number of likely N-dealkylation sites (N-methyl/N-ethyl adjacent to an activating group) is 1. The van der Waals surface area contributed by atoms with Gasteiger partial charge in [0.15, 0.2) is 0 Å². The zero-order valence-corrected chi connectivity index (χ0v) is 26.7. The predicted molar refractivity (Wildman–Crippen MR) is 176 cm³/mol. The van der Waals surface area contributed by atoms with E-state index in [0.717, 1.165) is 19.6 Å². The minimum Gasteiger partial charge on any atom is -0.488 e. The molecule has 9 nitrogen and oxygen atoms in total. The number of anilines is 1. The van der Waals surface area contributed by atoms with Gasteiger partial charge in [-0.15, -0.1) is 0 Å². The van der Waals surface area contributed by atoms with Crippen LogP contribution >= 0.6 is 0 Å². The Hall–Kier alpha value is -3.76. The van der Waals surface area contributed by atoms with Gasteiger partial charge in [-0.1, -0.05) is 61.5 Å². The molecule has 2 amide bonds. The van der Waals surface area contributed by atoms with Crippen molar-refractivity contribution in [2.24, 2.45) is 5.92 Å². The van der Waals surface area contributed by atoms with Crippen molar-refractivity contribution in [3.05, 3.63) is 83.9 Å². The third-order valence-corrected chi connectivity index (χ3v) is 8.71. The van der Waals surface area contributed by atoms with E-state index in [0.29, 0.717) is 56.3 Å². The fraction of sp³-hybridized carbons (Fsp3) is 0.444. The van der Waals surface area contributed by atoms with Gasteiger partial charge in [-0.2, -0.15) is 0 Å². The van der Waals surface area contributed by atoms with E-state index >= 15 is 0 Å². The highest BCUT2D eigenvalue weighted by atomic mass is 16.5. The average molecular weight is 615 g/mol. The summed E-state index contributed by atoms with van der Waals surface area (Å²) in [6.45, 7) is 9.33. The molecule has 3 aromatic carbocycles. The van der Waals surface area contributed by atoms with E-state index in [-0.39, 0.29) is 36.5 Å². The summed E-state index contributed by atoms with van der Waals surface area (Å²) >= 11 is 0. The Labute approximate surface area is 266 Å². The molecule has 0 aliphatic carbocycles. The zero-order valence-electron chi connectivity index (χ0n) is 26.7. The van der Waals surface area contributed by atoms with Crippen LogP contribution in [0, 0.1) is 5.92 Å². The summed E-state index contributed by atoms with van der Waals surface area (Å²) in [7, 11) is 2.08. The Morgan fingerprint density at radius 1 is 1.04 bits per heavy atom. The van der Waals surface area contributed by atoms with Crippen LogP contribution in [0.2, 0.25) is 0 Å². The van der Waals surface area contributed by atoms with Crippen molar-refractivity contribution in [3.63, 3.8) is 0 Å². The maximum Gasteiger partial charge on any atom is 0.258 e. The van der Waals surface area contributed by atoms with Gasteiger partial charge in [0.25, 0.3) is 5.91 Å². The van der Waals surface area contributed by atoms with Crippen LogP contribution in [-0.4, -0.2) is 103 Å². The largest absolute Gasteiger partial charge is 0.488 e. The van der Waals surface area contributed by atoms with Crippen LogP contribution in [0.5, 0.6) is 5.75 Å². The molecule has 3 atom stereocenters. The van der Waals surface area contributed by atoms with Crippen LogP contribution in [0.25, 0.3) is 11.1 Å². The molecule has 9 heteroatoms. The fourth-order valence-electron chi connectivity index (χ4n) is 5.94. The summed E-state index contributed by atoms with van der Waals surface area (Å²) in [4.78, 5) is 32.8. The number of benzene rings is 3. The Morgan fingerprint density at radius 3 is 2.47 bits per heavy atom. The third kappa shape index (κ3) is 8.70. The van der Waals surface area contributed by atoms with Crippen LogP contribution in [0.3, 0.4) is 0 Å². The van der Waals surface area contributed by atoms with Crippen LogP contribution < -0.4 is 10.1 Å². The lowest BCUT2D eigenvalue weighted by Crippen LogP contribution is -2.49. The Kier molecular flexibility index (Phi) is 11.2. The molecule has 0 saturated carbocycles. The number of fused-ring (bicyclic) bond motifs is 1. The molecule has 45 heavy (non-hydrogen) atoms. The normalized spacial score (nSPS) is 19.8. The van der Waals surface area contributed by atoms with Crippen molar-refractivity contribution in [2.75, 3.05) is 64.9 Å². The number of carbonyl (C=O) groups is 2. The molecule has 0 spiro atoms. The molecule has 0 aromatic heterocycles. The molecule has 2 aliphatic heterocycles. The lowest BCUT2D eigenvalue weighted by Gasteiger charge is -2.38. The number of ether oxygens (including phenoxy) is 2. The molecular weight excluding hydrogens is 568 g/mol. The number of carbonyl (C=O) groups excluding carboxylic acids is 2. The number of nitrogens with zero attached hydrogens (tertiary/aromatic N) is 3. The molecule has 5 rings (SSSR count). The summed E-state index contributed by atoms with van der Waals surface area (Å²) in [6, 6.07) is 23.9. The highest BCUT2D eigenvalue weighted by Crippen LogP contribution is 2.31. The minimum atomic E-state index is -0.362. The first kappa shape index (κ1) is 32.6. The monoisotopic (exact) mass is 614 g/mol. The number of aliphatic hydroxyl groups is 1. The van der Waals surface area contributed by atoms with Gasteiger partial charge in [-0.25, -0.2) is 0 Å². The zero-order chi connectivity index (χ0) is 31.8. The number of rotatable bonds is 11. The van der Waals surface area contributed by atoms with Gasteiger partial charge in [-0.05, 0) is 48.9 Å². The smallest absolute Gasteiger partial charge is 0.258 e. The molecule has 0 bridgehead atoms. The second kappa shape index (κ2) is 15.5. The fourth-order valence-corrected chi connectivity index (χ4v) is 5.94. The molecule has 2 heterocycles. The minimum absolute atomic E-state index is 0.0126. The SMILES string of the molecule is C[C@@H]1CN([C@@H](C)CO)C(=O)c2cc(NC(=O)CCN3CCOCC3)ccc2O[C@H]1CN(C)Cc1ccc(-c2ccccc2)cc1. The van der Waals surface area contributed by atoms with Crippen LogP contribution in [0.4, 0.5) is 5.69 Å². The molecule has 0 unspecified atom stereocenters. The van der Waals surface area contributed by atoms with Gasteiger partial charge in [0.2, 0.25) is 5.91 Å². The van der Waals surface area contributed by atoms with E-state index in [1.165, 1.54) is 16.7 Å². The third-order valence-electron chi connectivity index (χ3n) is 8.71. The summed E-state index contributed by atoms with van der Waals surface area (Å²) < 4.78 is 12.0. The Bertz CT molecular complexity index is 1410. The molecule has 0 radical (unpaired) electrons. The second-order valence-corrected chi connectivity index (χ2v) is 12.3. The molecule has 3 aromatic rings. The number of hydrogen-bond donors (Lipinski definition) is 2. The summed E-state index contributed by atoms with van der Waals surface area (Å²) in [6.07, 6.45) is 0.156. The first-order chi connectivity index (χ1) is 21.8. The summed E-state index contributed by atoms with van der Waals surface area (Å²) in [5.74, 6) is 0.177. The van der Waals surface area contributed by atoms with Gasteiger partial charge in [-0.3, -0.25) is 19.4 Å². The van der Waals surface area contributed by atoms with E-state index in [2.05, 4.69) is 65.5 Å². The number of aliphatic hydroxyl groups excluding tert-OH is 1. The first-order valence-corrected chi connectivity index (χ1v) is 16.0. The van der Waals surface area contributed by atoms with Gasteiger partial charge in [0.1, 0.15) is 11.9 Å². The topological polar surface area (TPSA) is 94.6 Å². The summed E-state index contributed by atoms with van der Waals surface area (Å²) in [5, 5.41) is 13.0. The van der Waals surface area contributed by atoms with Gasteiger partial charge in [0.05, 0.1) is 31.4 Å². The van der Waals surface area contributed by atoms with Crippen molar-refractivity contribution in [1.29, 1.82) is 0 Å². The standard InChI is InChI=1S/C36H46N4O5/c1-26-22-40(27(2)25-41)36(43)32-21-31(37-35(42)15-16-39-17-19-44-20-18-39)13-14-33(32)45-34(26)24-38(3)23-28-9-11-30(12-10-28)29-7-5-4-6-8-29/h4-14,21,26-27,34,41H,15-20,22-25H2,1-3H3,(H,37,42)/t26-,27+,34+/m1/s1. The van der Waals surface area contributed by atoms with Crippen LogP contribution in [-0.2, 0) is 16.1 Å². The quantitative estimate of drug-likeness (QED) is 0.331. The lowest BCUT2D eigenvalue weighted by atomic mass is 9.99. The Balaban J connectivity index is 1.28. The van der Waals surface area contributed by atoms with Gasteiger partial charge < -0.3 is 24.8 Å². The van der Waals surface area contributed by atoms with Crippen LogP contribution in [0.1, 0.15) is 36.2 Å². The van der Waals surface area contributed by atoms with Crippen molar-refractivity contribution < 1.29 is 24.2 Å². The highest BCUT2D eigenvalue weighted by Gasteiger charge is 2.33. The highest BCUT2D eigenvalue weighted by molar-refractivity contribution is 6.00. The van der Waals surface area contributed by atoms with E-state index in [4.69, 9.17) is 9.47 Å². The molecule has 2 aliphatic rings. The number of nitrogens with one attached hydrogen (secondary N) is 1. The number of morpholine rings is 1. The van der Waals surface area contributed by atoms with E-state index in [1.54, 1.807) is 23.1 Å². The molecule has 2 N–H and O–H groups in total. The van der Waals surface area contributed by atoms with Crippen molar-refractivity contribution >= 4 is 17.5 Å². The maximum absolute atomic E-state index is 13.8. The first-order valence-electron chi connectivity index (χ1n) is 16.0. The second-order valence-electron chi connectivity index (χ2n) is 12.3. The average Bonchev–Trinajstić information content (AvgIpc) is 3.06. The van der Waals surface area contributed by atoms with E-state index in [9.17, 15) is 14.7 Å². The Morgan fingerprint density at radius 2 is 1.76 bits per heavy atom. The molecule has 240 valence electrons. The van der Waals surface area contributed by atoms with Gasteiger partial charge >= 0.3 is 0 Å². The molecular formula is C36H46N4O5. The van der Waals surface area contributed by atoms with E-state index < -0.39 is 0 Å². The van der Waals surface area contributed by atoms with Crippen molar-refractivity contribution in [2.45, 2.75) is 39.0 Å². The molecule has 1 saturated heterocycles. The number of hydrogen-bond acceptors (Lipinski definition) is 7. The van der Waals surface area contributed by atoms with Gasteiger partial charge in [0, 0.05) is 57.3 Å². The molecule has 1 fully saturated rings. The maximum atomic E-state index is 13.8.